The second-order valence-corrected chi connectivity index (χ2v) is 3.40. The molecule has 0 aromatic rings. The van der Waals surface area contributed by atoms with Crippen LogP contribution in [0.4, 0.5) is 8.78 Å². The fourth-order valence-corrected chi connectivity index (χ4v) is 1.39. The van der Waals surface area contributed by atoms with Crippen LogP contribution in [0.5, 0.6) is 0 Å². The molecule has 1 N–H and O–H groups in total. The minimum atomic E-state index is -2.77. The van der Waals surface area contributed by atoms with Crippen molar-refractivity contribution in [2.75, 3.05) is 0 Å². The summed E-state index contributed by atoms with van der Waals surface area (Å²) in [6.45, 7) is 1.37. The van der Waals surface area contributed by atoms with E-state index in [1.807, 2.05) is 0 Å². The second-order valence-electron chi connectivity index (χ2n) is 3.40. The van der Waals surface area contributed by atoms with E-state index in [0.29, 0.717) is 0 Å². The quantitative estimate of drug-likeness (QED) is 0.642. The summed E-state index contributed by atoms with van der Waals surface area (Å²) in [6.07, 6.45) is -0.736. The Morgan fingerprint density at radius 1 is 1.45 bits per heavy atom. The van der Waals surface area contributed by atoms with Crippen molar-refractivity contribution in [1.29, 1.82) is 0 Å². The summed E-state index contributed by atoms with van der Waals surface area (Å²) in [5, 5.41) is 8.57. The van der Waals surface area contributed by atoms with E-state index in [1.54, 1.807) is 0 Å². The minimum absolute atomic E-state index is 0.0787. The molecule has 0 aliphatic heterocycles. The van der Waals surface area contributed by atoms with Crippen LogP contribution in [0.2, 0.25) is 0 Å². The molecule has 2 nitrogen and oxygen atoms in total. The third-order valence-corrected chi connectivity index (χ3v) is 2.21. The summed E-state index contributed by atoms with van der Waals surface area (Å²) in [7, 11) is 0. The normalized spacial score (nSPS) is 35.5. The lowest BCUT2D eigenvalue weighted by atomic mass is 9.89. The monoisotopic (exact) mass is 164 g/mol. The van der Waals surface area contributed by atoms with Crippen molar-refractivity contribution < 1.29 is 18.7 Å². The van der Waals surface area contributed by atoms with Gasteiger partial charge in [-0.25, -0.2) is 8.78 Å². The Morgan fingerprint density at radius 3 is 2.18 bits per heavy atom. The summed E-state index contributed by atoms with van der Waals surface area (Å²) in [4.78, 5) is 10.5. The van der Waals surface area contributed by atoms with Gasteiger partial charge in [0.05, 0.1) is 5.41 Å². The number of hydrogen-bond acceptors (Lipinski definition) is 1. The summed E-state index contributed by atoms with van der Waals surface area (Å²) in [5.74, 6) is -3.89. The number of carboxylic acids is 1. The zero-order valence-electron chi connectivity index (χ0n) is 6.23. The molecule has 1 aliphatic rings. The van der Waals surface area contributed by atoms with Gasteiger partial charge in [-0.15, -0.1) is 0 Å². The molecule has 1 atom stereocenters. The average molecular weight is 164 g/mol. The highest BCUT2D eigenvalue weighted by molar-refractivity contribution is 5.74. The fraction of sp³-hybridized carbons (Fsp3) is 0.857. The first-order valence-corrected chi connectivity index (χ1v) is 3.47. The van der Waals surface area contributed by atoms with E-state index >= 15 is 0 Å². The van der Waals surface area contributed by atoms with Gasteiger partial charge in [0.25, 0.3) is 0 Å². The molecule has 1 aliphatic carbocycles. The van der Waals surface area contributed by atoms with Crippen molar-refractivity contribution in [2.45, 2.75) is 32.1 Å². The van der Waals surface area contributed by atoms with Crippen molar-refractivity contribution in [3.8, 4) is 0 Å². The van der Waals surface area contributed by atoms with Gasteiger partial charge in [-0.3, -0.25) is 4.79 Å². The Bertz CT molecular complexity index is 191. The number of rotatable bonds is 1. The van der Waals surface area contributed by atoms with Gasteiger partial charge in [0, 0.05) is 12.8 Å². The molecule has 0 bridgehead atoms. The van der Waals surface area contributed by atoms with Gasteiger partial charge < -0.3 is 5.11 Å². The van der Waals surface area contributed by atoms with Crippen LogP contribution < -0.4 is 0 Å². The third-order valence-electron chi connectivity index (χ3n) is 2.21. The van der Waals surface area contributed by atoms with Crippen LogP contribution in [0.1, 0.15) is 26.2 Å². The van der Waals surface area contributed by atoms with E-state index in [-0.39, 0.29) is 12.8 Å². The average Bonchev–Trinajstić information content (AvgIpc) is 2.08. The van der Waals surface area contributed by atoms with Crippen LogP contribution in [0.25, 0.3) is 0 Å². The number of hydrogen-bond donors (Lipinski definition) is 1. The highest BCUT2D eigenvalue weighted by Gasteiger charge is 2.50. The fourth-order valence-electron chi connectivity index (χ4n) is 1.39. The van der Waals surface area contributed by atoms with Crippen LogP contribution in [-0.2, 0) is 4.79 Å². The number of carbonyl (C=O) groups is 1. The molecule has 0 aromatic carbocycles. The Morgan fingerprint density at radius 2 is 2.00 bits per heavy atom. The van der Waals surface area contributed by atoms with Crippen LogP contribution in [-0.4, -0.2) is 17.0 Å². The van der Waals surface area contributed by atoms with E-state index in [0.717, 1.165) is 0 Å². The smallest absolute Gasteiger partial charge is 0.309 e. The lowest BCUT2D eigenvalue weighted by Gasteiger charge is -2.16. The second kappa shape index (κ2) is 2.16. The lowest BCUT2D eigenvalue weighted by Crippen LogP contribution is -2.26. The molecule has 64 valence electrons. The SMILES string of the molecule is CC1(C(=O)O)CCC(F)(F)C1. The maximum absolute atomic E-state index is 12.5. The molecule has 0 amide bonds. The molecule has 1 saturated carbocycles. The van der Waals surface area contributed by atoms with E-state index in [1.165, 1.54) is 6.92 Å². The predicted molar refractivity (Wildman–Crippen MR) is 34.5 cm³/mol. The molecule has 4 heteroatoms. The van der Waals surface area contributed by atoms with Gasteiger partial charge in [0.15, 0.2) is 0 Å². The van der Waals surface area contributed by atoms with Crippen molar-refractivity contribution in [3.05, 3.63) is 0 Å². The molecule has 11 heavy (non-hydrogen) atoms. The Balaban J connectivity index is 2.73. The first-order chi connectivity index (χ1) is 4.86. The van der Waals surface area contributed by atoms with Crippen LogP contribution in [0, 0.1) is 5.41 Å². The predicted octanol–water partition coefficient (Wildman–Crippen LogP) is 1.90. The topological polar surface area (TPSA) is 37.3 Å². The first-order valence-electron chi connectivity index (χ1n) is 3.47. The summed E-state index contributed by atoms with van der Waals surface area (Å²) in [5.41, 5.74) is -1.20. The lowest BCUT2D eigenvalue weighted by molar-refractivity contribution is -0.149. The number of alkyl halides is 2. The molecule has 0 spiro atoms. The van der Waals surface area contributed by atoms with Gasteiger partial charge in [0.1, 0.15) is 0 Å². The third kappa shape index (κ3) is 1.49. The van der Waals surface area contributed by atoms with Crippen molar-refractivity contribution in [1.82, 2.24) is 0 Å². The minimum Gasteiger partial charge on any atom is -0.481 e. The number of carboxylic acid groups (broad SMARTS) is 1. The molecular weight excluding hydrogens is 154 g/mol. The van der Waals surface area contributed by atoms with Crippen LogP contribution in [0.3, 0.4) is 0 Å². The summed E-state index contributed by atoms with van der Waals surface area (Å²) in [6, 6.07) is 0. The van der Waals surface area contributed by atoms with Crippen LogP contribution in [0.15, 0.2) is 0 Å². The van der Waals surface area contributed by atoms with Gasteiger partial charge >= 0.3 is 5.97 Å². The van der Waals surface area contributed by atoms with Gasteiger partial charge in [-0.05, 0) is 13.3 Å². The highest BCUT2D eigenvalue weighted by atomic mass is 19.3. The van der Waals surface area contributed by atoms with Gasteiger partial charge in [0.2, 0.25) is 5.92 Å². The molecule has 1 unspecified atom stereocenters. The molecule has 0 aromatic heterocycles. The maximum atomic E-state index is 12.5. The Labute approximate surface area is 63.2 Å². The van der Waals surface area contributed by atoms with E-state index < -0.39 is 23.7 Å². The van der Waals surface area contributed by atoms with E-state index in [2.05, 4.69) is 0 Å². The maximum Gasteiger partial charge on any atom is 0.309 e. The number of halogens is 2. The number of aliphatic carboxylic acids is 1. The van der Waals surface area contributed by atoms with Gasteiger partial charge in [-0.2, -0.15) is 0 Å². The van der Waals surface area contributed by atoms with Crippen molar-refractivity contribution >= 4 is 5.97 Å². The molecule has 1 rings (SSSR count). The van der Waals surface area contributed by atoms with E-state index in [9.17, 15) is 13.6 Å². The molecular formula is C7H10F2O2. The summed E-state index contributed by atoms with van der Waals surface area (Å²) < 4.78 is 25.1. The zero-order valence-corrected chi connectivity index (χ0v) is 6.23. The largest absolute Gasteiger partial charge is 0.481 e. The van der Waals surface area contributed by atoms with Gasteiger partial charge in [-0.1, -0.05) is 0 Å². The van der Waals surface area contributed by atoms with Crippen molar-refractivity contribution in [3.63, 3.8) is 0 Å². The summed E-state index contributed by atoms with van der Waals surface area (Å²) >= 11 is 0. The first kappa shape index (κ1) is 8.43. The van der Waals surface area contributed by atoms with E-state index in [4.69, 9.17) is 5.11 Å². The highest BCUT2D eigenvalue weighted by Crippen LogP contribution is 2.46. The standard InChI is InChI=1S/C7H10F2O2/c1-6(5(10)11)2-3-7(8,9)4-6/h2-4H2,1H3,(H,10,11). The molecule has 0 heterocycles. The van der Waals surface area contributed by atoms with Crippen molar-refractivity contribution in [2.24, 2.45) is 5.41 Å². The molecule has 1 fully saturated rings. The Kier molecular flexibility index (Phi) is 1.65. The molecule has 0 radical (unpaired) electrons. The Hall–Kier alpha value is -0.670. The molecule has 0 saturated heterocycles. The zero-order chi connectivity index (χ0) is 8.70. The van der Waals surface area contributed by atoms with Crippen LogP contribution >= 0.6 is 0 Å².